The summed E-state index contributed by atoms with van der Waals surface area (Å²) in [5.41, 5.74) is 6.01. The number of carbonyl (C=O) groups excluding carboxylic acids is 1. The van der Waals surface area contributed by atoms with Crippen LogP contribution in [0.5, 0.6) is 0 Å². The first-order valence-electron chi connectivity index (χ1n) is 4.77. The lowest BCUT2D eigenvalue weighted by Crippen LogP contribution is -2.35. The highest BCUT2D eigenvalue weighted by atomic mass is 16.2. The quantitative estimate of drug-likeness (QED) is 0.739. The van der Waals surface area contributed by atoms with E-state index in [4.69, 9.17) is 5.73 Å². The van der Waals surface area contributed by atoms with Crippen molar-refractivity contribution in [2.45, 2.75) is 19.4 Å². The Morgan fingerprint density at radius 1 is 1.60 bits per heavy atom. The van der Waals surface area contributed by atoms with Gasteiger partial charge in [0.15, 0.2) is 0 Å². The molecule has 1 amide bonds. The van der Waals surface area contributed by atoms with Gasteiger partial charge in [0.25, 0.3) is 0 Å². The molecule has 5 nitrogen and oxygen atoms in total. The van der Waals surface area contributed by atoms with Crippen LogP contribution in [0, 0.1) is 0 Å². The summed E-state index contributed by atoms with van der Waals surface area (Å²) in [5, 5.41) is 2.64. The molecule has 0 saturated carbocycles. The first kappa shape index (κ1) is 11.5. The van der Waals surface area contributed by atoms with E-state index in [9.17, 15) is 9.59 Å². The Hall–Kier alpha value is -1.62. The highest BCUT2D eigenvalue weighted by Crippen LogP contribution is 2.03. The van der Waals surface area contributed by atoms with E-state index in [0.29, 0.717) is 12.1 Å². The maximum absolute atomic E-state index is 11.4. The summed E-state index contributed by atoms with van der Waals surface area (Å²) >= 11 is 0. The van der Waals surface area contributed by atoms with Crippen LogP contribution in [-0.4, -0.2) is 16.5 Å². The molecule has 0 bridgehead atoms. The minimum absolute atomic E-state index is 0.118. The Kier molecular flexibility index (Phi) is 3.62. The van der Waals surface area contributed by atoms with Crippen LogP contribution in [0.1, 0.15) is 13.3 Å². The van der Waals surface area contributed by atoms with E-state index >= 15 is 0 Å². The zero-order chi connectivity index (χ0) is 11.4. The monoisotopic (exact) mass is 209 g/mol. The fraction of sp³-hybridized carbons (Fsp3) is 0.400. The SMILES string of the molecule is CC[C@@H](N)C(=O)Nc1ccc(=O)n(C)c1. The topological polar surface area (TPSA) is 77.1 Å². The third-order valence-corrected chi connectivity index (χ3v) is 2.13. The molecule has 0 aromatic carbocycles. The number of aromatic nitrogens is 1. The molecule has 0 aliphatic rings. The van der Waals surface area contributed by atoms with Crippen LogP contribution >= 0.6 is 0 Å². The molecular weight excluding hydrogens is 194 g/mol. The second-order valence-corrected chi connectivity index (χ2v) is 3.37. The summed E-state index contributed by atoms with van der Waals surface area (Å²) in [6, 6.07) is 2.44. The number of hydrogen-bond acceptors (Lipinski definition) is 3. The molecule has 1 aromatic heterocycles. The van der Waals surface area contributed by atoms with Gasteiger partial charge in [0.05, 0.1) is 11.7 Å². The maximum atomic E-state index is 11.4. The number of nitrogens with two attached hydrogens (primary N) is 1. The summed E-state index contributed by atoms with van der Waals surface area (Å²) in [7, 11) is 1.62. The lowest BCUT2D eigenvalue weighted by atomic mass is 10.2. The van der Waals surface area contributed by atoms with Gasteiger partial charge in [-0.1, -0.05) is 6.92 Å². The molecule has 0 saturated heterocycles. The average Bonchev–Trinajstić information content (AvgIpc) is 2.22. The molecule has 0 aliphatic carbocycles. The molecule has 1 aromatic rings. The number of anilines is 1. The van der Waals surface area contributed by atoms with Crippen molar-refractivity contribution < 1.29 is 4.79 Å². The molecule has 3 N–H and O–H groups in total. The molecule has 1 atom stereocenters. The third kappa shape index (κ3) is 2.92. The predicted octanol–water partition coefficient (Wildman–Crippen LogP) is 0.0611. The lowest BCUT2D eigenvalue weighted by Gasteiger charge is -2.10. The van der Waals surface area contributed by atoms with Crippen LogP contribution < -0.4 is 16.6 Å². The molecule has 1 heterocycles. The van der Waals surface area contributed by atoms with Crippen LogP contribution in [0.15, 0.2) is 23.1 Å². The van der Waals surface area contributed by atoms with Crippen molar-refractivity contribution in [2.24, 2.45) is 12.8 Å². The highest BCUT2D eigenvalue weighted by Gasteiger charge is 2.10. The molecule has 0 unspecified atom stereocenters. The first-order valence-corrected chi connectivity index (χ1v) is 4.77. The van der Waals surface area contributed by atoms with Gasteiger partial charge in [-0.25, -0.2) is 0 Å². The van der Waals surface area contributed by atoms with Gasteiger partial charge in [0.1, 0.15) is 0 Å². The van der Waals surface area contributed by atoms with Crippen molar-refractivity contribution in [3.8, 4) is 0 Å². The van der Waals surface area contributed by atoms with Gasteiger partial charge < -0.3 is 15.6 Å². The Morgan fingerprint density at radius 3 is 2.80 bits per heavy atom. The van der Waals surface area contributed by atoms with Gasteiger partial charge in [-0.15, -0.1) is 0 Å². The van der Waals surface area contributed by atoms with Crippen molar-refractivity contribution in [2.75, 3.05) is 5.32 Å². The summed E-state index contributed by atoms with van der Waals surface area (Å²) < 4.78 is 1.40. The smallest absolute Gasteiger partial charge is 0.250 e. The van der Waals surface area contributed by atoms with Crippen molar-refractivity contribution in [3.63, 3.8) is 0 Å². The Balaban J connectivity index is 2.77. The van der Waals surface area contributed by atoms with Crippen molar-refractivity contribution in [1.29, 1.82) is 0 Å². The van der Waals surface area contributed by atoms with Crippen LogP contribution in [0.2, 0.25) is 0 Å². The van der Waals surface area contributed by atoms with E-state index in [0.717, 1.165) is 0 Å². The van der Waals surface area contributed by atoms with Crippen LogP contribution in [0.3, 0.4) is 0 Å². The summed E-state index contributed by atoms with van der Waals surface area (Å²) in [4.78, 5) is 22.5. The summed E-state index contributed by atoms with van der Waals surface area (Å²) in [6.07, 6.45) is 2.14. The normalized spacial score (nSPS) is 12.2. The number of nitrogens with zero attached hydrogens (tertiary/aromatic N) is 1. The standard InChI is InChI=1S/C10H15N3O2/c1-3-8(11)10(15)12-7-4-5-9(14)13(2)6-7/h4-6,8H,3,11H2,1-2H3,(H,12,15)/t8-/m1/s1. The predicted molar refractivity (Wildman–Crippen MR) is 58.6 cm³/mol. The van der Waals surface area contributed by atoms with E-state index in [1.165, 1.54) is 10.6 Å². The van der Waals surface area contributed by atoms with Gasteiger partial charge >= 0.3 is 0 Å². The van der Waals surface area contributed by atoms with Crippen LogP contribution in [0.4, 0.5) is 5.69 Å². The van der Waals surface area contributed by atoms with E-state index in [2.05, 4.69) is 5.32 Å². The first-order chi connectivity index (χ1) is 7.04. The molecule has 15 heavy (non-hydrogen) atoms. The van der Waals surface area contributed by atoms with E-state index in [1.54, 1.807) is 19.3 Å². The molecule has 82 valence electrons. The average molecular weight is 209 g/mol. The lowest BCUT2D eigenvalue weighted by molar-refractivity contribution is -0.117. The van der Waals surface area contributed by atoms with Crippen molar-refractivity contribution in [1.82, 2.24) is 4.57 Å². The fourth-order valence-electron chi connectivity index (χ4n) is 1.09. The zero-order valence-corrected chi connectivity index (χ0v) is 8.86. The van der Waals surface area contributed by atoms with Crippen molar-refractivity contribution >= 4 is 11.6 Å². The molecule has 0 spiro atoms. The van der Waals surface area contributed by atoms with Crippen LogP contribution in [0.25, 0.3) is 0 Å². The third-order valence-electron chi connectivity index (χ3n) is 2.13. The van der Waals surface area contributed by atoms with Crippen molar-refractivity contribution in [3.05, 3.63) is 28.7 Å². The van der Waals surface area contributed by atoms with Gasteiger partial charge in [0, 0.05) is 19.3 Å². The maximum Gasteiger partial charge on any atom is 0.250 e. The number of aryl methyl sites for hydroxylation is 1. The molecular formula is C10H15N3O2. The van der Waals surface area contributed by atoms with E-state index in [1.807, 2.05) is 6.92 Å². The second kappa shape index (κ2) is 4.75. The summed E-state index contributed by atoms with van der Waals surface area (Å²) in [6.45, 7) is 1.84. The molecule has 1 rings (SSSR count). The molecule has 0 aliphatic heterocycles. The Labute approximate surface area is 87.9 Å². The van der Waals surface area contributed by atoms with Gasteiger partial charge in [-0.3, -0.25) is 9.59 Å². The Morgan fingerprint density at radius 2 is 2.27 bits per heavy atom. The minimum Gasteiger partial charge on any atom is -0.323 e. The van der Waals surface area contributed by atoms with E-state index < -0.39 is 6.04 Å². The Bertz CT molecular complexity index is 411. The number of rotatable bonds is 3. The number of nitrogens with one attached hydrogen (secondary N) is 1. The fourth-order valence-corrected chi connectivity index (χ4v) is 1.09. The van der Waals surface area contributed by atoms with Gasteiger partial charge in [-0.2, -0.15) is 0 Å². The second-order valence-electron chi connectivity index (χ2n) is 3.37. The molecule has 0 fully saturated rings. The summed E-state index contributed by atoms with van der Waals surface area (Å²) in [5.74, 6) is -0.240. The number of carbonyl (C=O) groups is 1. The highest BCUT2D eigenvalue weighted by molar-refractivity contribution is 5.94. The van der Waals surface area contributed by atoms with Crippen LogP contribution in [-0.2, 0) is 11.8 Å². The molecule has 5 heteroatoms. The number of pyridine rings is 1. The molecule has 0 radical (unpaired) electrons. The number of hydrogen-bond donors (Lipinski definition) is 2. The number of amides is 1. The largest absolute Gasteiger partial charge is 0.323 e. The van der Waals surface area contributed by atoms with Gasteiger partial charge in [0.2, 0.25) is 11.5 Å². The van der Waals surface area contributed by atoms with E-state index in [-0.39, 0.29) is 11.5 Å². The minimum atomic E-state index is -0.512. The zero-order valence-electron chi connectivity index (χ0n) is 8.86. The van der Waals surface area contributed by atoms with Gasteiger partial charge in [-0.05, 0) is 12.5 Å².